The standard InChI is InChI=1S/C16H13ClN2O2/c1-2-21-13-6-4-12(5-7-13)16(20)19-15-9-11(10-18)3-8-14(15)17/h3-9H,2H2,1H3,(H,19,20). The molecule has 0 aliphatic heterocycles. The van der Waals surface area contributed by atoms with Gasteiger partial charge in [-0.25, -0.2) is 0 Å². The number of benzene rings is 2. The molecule has 0 aliphatic carbocycles. The number of nitrogens with zero attached hydrogens (tertiary/aromatic N) is 1. The van der Waals surface area contributed by atoms with Crippen molar-refractivity contribution in [1.29, 1.82) is 5.26 Å². The molecule has 2 aromatic carbocycles. The second-order valence-corrected chi connectivity index (χ2v) is 4.63. The van der Waals surface area contributed by atoms with Crippen molar-refractivity contribution in [2.24, 2.45) is 0 Å². The molecule has 5 heteroatoms. The Bertz CT molecular complexity index is 690. The maximum Gasteiger partial charge on any atom is 0.255 e. The monoisotopic (exact) mass is 300 g/mol. The molecule has 0 spiro atoms. The van der Waals surface area contributed by atoms with Crippen LogP contribution in [-0.4, -0.2) is 12.5 Å². The van der Waals surface area contributed by atoms with Crippen LogP contribution >= 0.6 is 11.6 Å². The zero-order valence-electron chi connectivity index (χ0n) is 11.4. The SMILES string of the molecule is CCOc1ccc(C(=O)Nc2cc(C#N)ccc2Cl)cc1. The lowest BCUT2D eigenvalue weighted by atomic mass is 10.2. The van der Waals surface area contributed by atoms with Gasteiger partial charge in [-0.05, 0) is 49.4 Å². The Kier molecular flexibility index (Phi) is 4.81. The quantitative estimate of drug-likeness (QED) is 0.932. The highest BCUT2D eigenvalue weighted by molar-refractivity contribution is 6.34. The molecule has 0 heterocycles. The molecule has 4 nitrogen and oxygen atoms in total. The maximum absolute atomic E-state index is 12.1. The fraction of sp³-hybridized carbons (Fsp3) is 0.125. The summed E-state index contributed by atoms with van der Waals surface area (Å²) in [6.07, 6.45) is 0. The molecular weight excluding hydrogens is 288 g/mol. The fourth-order valence-electron chi connectivity index (χ4n) is 1.75. The molecule has 0 radical (unpaired) electrons. The molecule has 0 saturated heterocycles. The van der Waals surface area contributed by atoms with Crippen molar-refractivity contribution in [3.63, 3.8) is 0 Å². The highest BCUT2D eigenvalue weighted by Gasteiger charge is 2.09. The first-order valence-corrected chi connectivity index (χ1v) is 6.75. The van der Waals surface area contributed by atoms with E-state index in [0.29, 0.717) is 34.2 Å². The zero-order chi connectivity index (χ0) is 15.2. The Labute approximate surface area is 127 Å². The largest absolute Gasteiger partial charge is 0.494 e. The van der Waals surface area contributed by atoms with Gasteiger partial charge in [0, 0.05) is 5.56 Å². The first-order valence-electron chi connectivity index (χ1n) is 6.38. The number of amides is 1. The van der Waals surface area contributed by atoms with Gasteiger partial charge in [-0.2, -0.15) is 5.26 Å². The second-order valence-electron chi connectivity index (χ2n) is 4.22. The molecule has 2 rings (SSSR count). The van der Waals surface area contributed by atoms with Crippen LogP contribution in [0.2, 0.25) is 5.02 Å². The van der Waals surface area contributed by atoms with Crippen LogP contribution in [0.25, 0.3) is 0 Å². The van der Waals surface area contributed by atoms with E-state index in [2.05, 4.69) is 5.32 Å². The zero-order valence-corrected chi connectivity index (χ0v) is 12.1. The van der Waals surface area contributed by atoms with Gasteiger partial charge in [0.1, 0.15) is 5.75 Å². The number of anilines is 1. The summed E-state index contributed by atoms with van der Waals surface area (Å²) in [5, 5.41) is 11.9. The number of halogens is 1. The van der Waals surface area contributed by atoms with Gasteiger partial charge in [-0.3, -0.25) is 4.79 Å². The molecule has 21 heavy (non-hydrogen) atoms. The van der Waals surface area contributed by atoms with Crippen molar-refractivity contribution in [3.8, 4) is 11.8 Å². The van der Waals surface area contributed by atoms with E-state index in [4.69, 9.17) is 21.6 Å². The molecule has 0 atom stereocenters. The molecule has 0 bridgehead atoms. The summed E-state index contributed by atoms with van der Waals surface area (Å²) in [6, 6.07) is 13.5. The van der Waals surface area contributed by atoms with Gasteiger partial charge in [0.15, 0.2) is 0 Å². The molecule has 1 amide bonds. The molecule has 2 aromatic rings. The number of nitrogens with one attached hydrogen (secondary N) is 1. The minimum atomic E-state index is -0.296. The van der Waals surface area contributed by atoms with Crippen LogP contribution < -0.4 is 10.1 Å². The van der Waals surface area contributed by atoms with Crippen molar-refractivity contribution in [1.82, 2.24) is 0 Å². The van der Waals surface area contributed by atoms with Crippen LogP contribution in [0.5, 0.6) is 5.75 Å². The normalized spacial score (nSPS) is 9.76. The predicted molar refractivity (Wildman–Crippen MR) is 81.7 cm³/mol. The van der Waals surface area contributed by atoms with Gasteiger partial charge < -0.3 is 10.1 Å². The summed E-state index contributed by atoms with van der Waals surface area (Å²) in [5.41, 5.74) is 1.33. The highest BCUT2D eigenvalue weighted by Crippen LogP contribution is 2.23. The third kappa shape index (κ3) is 3.74. The van der Waals surface area contributed by atoms with Crippen molar-refractivity contribution in [2.45, 2.75) is 6.92 Å². The van der Waals surface area contributed by atoms with Crippen LogP contribution in [0.3, 0.4) is 0 Å². The first-order chi connectivity index (χ1) is 10.1. The first kappa shape index (κ1) is 14.9. The van der Waals surface area contributed by atoms with E-state index in [1.807, 2.05) is 13.0 Å². The van der Waals surface area contributed by atoms with E-state index in [-0.39, 0.29) is 5.91 Å². The number of hydrogen-bond acceptors (Lipinski definition) is 3. The Hall–Kier alpha value is -2.51. The van der Waals surface area contributed by atoms with E-state index >= 15 is 0 Å². The molecule has 1 N–H and O–H groups in total. The van der Waals surface area contributed by atoms with Crippen molar-refractivity contribution < 1.29 is 9.53 Å². The number of carbonyl (C=O) groups is 1. The summed E-state index contributed by atoms with van der Waals surface area (Å²) >= 11 is 6.01. The Morgan fingerprint density at radius 3 is 2.62 bits per heavy atom. The van der Waals surface area contributed by atoms with Crippen molar-refractivity contribution in [3.05, 3.63) is 58.6 Å². The number of hydrogen-bond donors (Lipinski definition) is 1. The summed E-state index contributed by atoms with van der Waals surface area (Å²) < 4.78 is 5.32. The maximum atomic E-state index is 12.1. The fourth-order valence-corrected chi connectivity index (χ4v) is 1.92. The Balaban J connectivity index is 2.16. The van der Waals surface area contributed by atoms with Crippen molar-refractivity contribution >= 4 is 23.2 Å². The average Bonchev–Trinajstić information content (AvgIpc) is 2.50. The Morgan fingerprint density at radius 2 is 2.00 bits per heavy atom. The number of ether oxygens (including phenoxy) is 1. The minimum Gasteiger partial charge on any atom is -0.494 e. The molecule has 0 fully saturated rings. The van der Waals surface area contributed by atoms with Gasteiger partial charge in [0.2, 0.25) is 0 Å². The van der Waals surface area contributed by atoms with Gasteiger partial charge in [0.25, 0.3) is 5.91 Å². The van der Waals surface area contributed by atoms with Crippen LogP contribution in [0, 0.1) is 11.3 Å². The van der Waals surface area contributed by atoms with Gasteiger partial charge in [-0.1, -0.05) is 11.6 Å². The van der Waals surface area contributed by atoms with E-state index in [0.717, 1.165) is 0 Å². The summed E-state index contributed by atoms with van der Waals surface area (Å²) in [5.74, 6) is 0.411. The Morgan fingerprint density at radius 1 is 1.29 bits per heavy atom. The van der Waals surface area contributed by atoms with E-state index < -0.39 is 0 Å². The summed E-state index contributed by atoms with van der Waals surface area (Å²) in [6.45, 7) is 2.47. The van der Waals surface area contributed by atoms with E-state index in [1.54, 1.807) is 36.4 Å². The molecular formula is C16H13ClN2O2. The smallest absolute Gasteiger partial charge is 0.255 e. The van der Waals surface area contributed by atoms with Crippen LogP contribution in [0.1, 0.15) is 22.8 Å². The lowest BCUT2D eigenvalue weighted by molar-refractivity contribution is 0.102. The highest BCUT2D eigenvalue weighted by atomic mass is 35.5. The summed E-state index contributed by atoms with van der Waals surface area (Å²) in [4.78, 5) is 12.1. The number of nitriles is 1. The average molecular weight is 301 g/mol. The van der Waals surface area contributed by atoms with E-state index in [9.17, 15) is 4.79 Å². The topological polar surface area (TPSA) is 62.1 Å². The number of carbonyl (C=O) groups excluding carboxylic acids is 1. The molecule has 106 valence electrons. The molecule has 0 saturated carbocycles. The third-order valence-electron chi connectivity index (χ3n) is 2.77. The van der Waals surface area contributed by atoms with Gasteiger partial charge in [0.05, 0.1) is 28.9 Å². The molecule has 0 unspecified atom stereocenters. The van der Waals surface area contributed by atoms with E-state index in [1.165, 1.54) is 6.07 Å². The van der Waals surface area contributed by atoms with Crippen LogP contribution in [0.15, 0.2) is 42.5 Å². The second kappa shape index (κ2) is 6.78. The number of rotatable bonds is 4. The van der Waals surface area contributed by atoms with Crippen molar-refractivity contribution in [2.75, 3.05) is 11.9 Å². The minimum absolute atomic E-state index is 0.296. The molecule has 0 aliphatic rings. The lowest BCUT2D eigenvalue weighted by Crippen LogP contribution is -2.12. The van der Waals surface area contributed by atoms with Crippen LogP contribution in [-0.2, 0) is 0 Å². The van der Waals surface area contributed by atoms with Gasteiger partial charge in [-0.15, -0.1) is 0 Å². The lowest BCUT2D eigenvalue weighted by Gasteiger charge is -2.08. The molecule has 0 aromatic heterocycles. The van der Waals surface area contributed by atoms with Gasteiger partial charge >= 0.3 is 0 Å². The summed E-state index contributed by atoms with van der Waals surface area (Å²) in [7, 11) is 0. The third-order valence-corrected chi connectivity index (χ3v) is 3.10. The van der Waals surface area contributed by atoms with Crippen LogP contribution in [0.4, 0.5) is 5.69 Å². The predicted octanol–water partition coefficient (Wildman–Crippen LogP) is 3.86.